The third kappa shape index (κ3) is 7.24. The summed E-state index contributed by atoms with van der Waals surface area (Å²) >= 11 is 0. The molecule has 150 valence electrons. The number of nitrogens with two attached hydrogens (primary N) is 1. The highest BCUT2D eigenvalue weighted by atomic mass is 16.1. The van der Waals surface area contributed by atoms with E-state index in [0.717, 1.165) is 57.8 Å². The SMILES string of the molecule is CCNC(=NCCCc1ccc(C(C)C)cc1)N1CCCC(CC(N)=O)C1. The largest absolute Gasteiger partial charge is 0.370 e. The first-order chi connectivity index (χ1) is 13.0. The lowest BCUT2D eigenvalue weighted by atomic mass is 9.95. The molecule has 0 aliphatic carbocycles. The number of amides is 1. The Bertz CT molecular complexity index is 609. The van der Waals surface area contributed by atoms with Gasteiger partial charge in [0.15, 0.2) is 5.96 Å². The first-order valence-corrected chi connectivity index (χ1v) is 10.4. The highest BCUT2D eigenvalue weighted by Crippen LogP contribution is 2.19. The van der Waals surface area contributed by atoms with Crippen molar-refractivity contribution in [1.82, 2.24) is 10.2 Å². The van der Waals surface area contributed by atoms with Crippen LogP contribution in [-0.4, -0.2) is 42.9 Å². The van der Waals surface area contributed by atoms with Crippen molar-refractivity contribution in [2.75, 3.05) is 26.2 Å². The molecule has 3 N–H and O–H groups in total. The van der Waals surface area contributed by atoms with Gasteiger partial charge in [0.05, 0.1) is 0 Å². The molecule has 1 unspecified atom stereocenters. The van der Waals surface area contributed by atoms with Gasteiger partial charge in [0.2, 0.25) is 5.91 Å². The number of aryl methyl sites for hydroxylation is 1. The van der Waals surface area contributed by atoms with E-state index in [1.165, 1.54) is 11.1 Å². The molecule has 1 aliphatic rings. The fourth-order valence-corrected chi connectivity index (χ4v) is 3.67. The molecule has 0 aromatic heterocycles. The molecule has 1 aliphatic heterocycles. The molecular weight excluding hydrogens is 336 g/mol. The van der Waals surface area contributed by atoms with Crippen molar-refractivity contribution in [1.29, 1.82) is 0 Å². The van der Waals surface area contributed by atoms with Crippen LogP contribution in [0.25, 0.3) is 0 Å². The summed E-state index contributed by atoms with van der Waals surface area (Å²) in [6.07, 6.45) is 4.72. The number of guanidine groups is 1. The molecule has 2 rings (SSSR count). The van der Waals surface area contributed by atoms with Gasteiger partial charge >= 0.3 is 0 Å². The quantitative estimate of drug-likeness (QED) is 0.418. The van der Waals surface area contributed by atoms with Gasteiger partial charge in [-0.3, -0.25) is 9.79 Å². The van der Waals surface area contributed by atoms with Crippen LogP contribution >= 0.6 is 0 Å². The first-order valence-electron chi connectivity index (χ1n) is 10.4. The lowest BCUT2D eigenvalue weighted by Gasteiger charge is -2.34. The number of likely N-dealkylation sites (tertiary alicyclic amines) is 1. The summed E-state index contributed by atoms with van der Waals surface area (Å²) in [4.78, 5) is 18.3. The van der Waals surface area contributed by atoms with Crippen LogP contribution in [0.4, 0.5) is 0 Å². The molecule has 0 spiro atoms. The zero-order chi connectivity index (χ0) is 19.6. The topological polar surface area (TPSA) is 70.7 Å². The second-order valence-electron chi connectivity index (χ2n) is 7.86. The summed E-state index contributed by atoms with van der Waals surface area (Å²) in [7, 11) is 0. The number of hydrogen-bond donors (Lipinski definition) is 2. The molecule has 0 radical (unpaired) electrons. The normalized spacial score (nSPS) is 18.0. The van der Waals surface area contributed by atoms with Crippen molar-refractivity contribution in [2.24, 2.45) is 16.6 Å². The van der Waals surface area contributed by atoms with Crippen molar-refractivity contribution in [3.8, 4) is 0 Å². The second-order valence-corrected chi connectivity index (χ2v) is 7.86. The number of primary amides is 1. The molecule has 1 amide bonds. The number of aliphatic imine (C=N–C) groups is 1. The Kier molecular flexibility index (Phi) is 8.62. The number of carbonyl (C=O) groups excluding carboxylic acids is 1. The number of nitrogens with zero attached hydrogens (tertiary/aromatic N) is 2. The Hall–Kier alpha value is -2.04. The number of piperidine rings is 1. The Morgan fingerprint density at radius 3 is 2.70 bits per heavy atom. The Morgan fingerprint density at radius 1 is 1.33 bits per heavy atom. The Balaban J connectivity index is 1.86. The summed E-state index contributed by atoms with van der Waals surface area (Å²) in [5.74, 6) is 1.70. The molecule has 0 saturated carbocycles. The third-order valence-corrected chi connectivity index (χ3v) is 5.17. The maximum Gasteiger partial charge on any atom is 0.217 e. The zero-order valence-electron chi connectivity index (χ0n) is 17.2. The van der Waals surface area contributed by atoms with Gasteiger partial charge in [0.25, 0.3) is 0 Å². The van der Waals surface area contributed by atoms with Crippen molar-refractivity contribution in [2.45, 2.75) is 58.8 Å². The number of hydrogen-bond acceptors (Lipinski definition) is 2. The van der Waals surface area contributed by atoms with Crippen molar-refractivity contribution in [3.05, 3.63) is 35.4 Å². The number of benzene rings is 1. The van der Waals surface area contributed by atoms with E-state index in [4.69, 9.17) is 10.7 Å². The molecule has 1 heterocycles. The van der Waals surface area contributed by atoms with E-state index in [0.29, 0.717) is 18.3 Å². The molecule has 0 bridgehead atoms. The van der Waals surface area contributed by atoms with Gasteiger partial charge in [0.1, 0.15) is 0 Å². The predicted molar refractivity (Wildman–Crippen MR) is 113 cm³/mol. The molecule has 1 atom stereocenters. The molecular formula is C22H36N4O. The average molecular weight is 373 g/mol. The molecule has 27 heavy (non-hydrogen) atoms. The minimum Gasteiger partial charge on any atom is -0.370 e. The van der Waals surface area contributed by atoms with Crippen LogP contribution in [0.2, 0.25) is 0 Å². The molecule has 5 nitrogen and oxygen atoms in total. The lowest BCUT2D eigenvalue weighted by Crippen LogP contribution is -2.47. The van der Waals surface area contributed by atoms with Gasteiger partial charge in [0, 0.05) is 32.6 Å². The van der Waals surface area contributed by atoms with Gasteiger partial charge in [-0.2, -0.15) is 0 Å². The van der Waals surface area contributed by atoms with Crippen LogP contribution in [-0.2, 0) is 11.2 Å². The highest BCUT2D eigenvalue weighted by Gasteiger charge is 2.23. The summed E-state index contributed by atoms with van der Waals surface area (Å²) < 4.78 is 0. The smallest absolute Gasteiger partial charge is 0.217 e. The van der Waals surface area contributed by atoms with Crippen LogP contribution in [0, 0.1) is 5.92 Å². The maximum atomic E-state index is 11.2. The lowest BCUT2D eigenvalue weighted by molar-refractivity contribution is -0.119. The Labute approximate surface area is 164 Å². The molecule has 1 saturated heterocycles. The van der Waals surface area contributed by atoms with Crippen molar-refractivity contribution in [3.63, 3.8) is 0 Å². The number of nitrogens with one attached hydrogen (secondary N) is 1. The van der Waals surface area contributed by atoms with Crippen LogP contribution in [0.3, 0.4) is 0 Å². The van der Waals surface area contributed by atoms with E-state index in [9.17, 15) is 4.79 Å². The maximum absolute atomic E-state index is 11.2. The summed E-state index contributed by atoms with van der Waals surface area (Å²) in [5.41, 5.74) is 8.14. The van der Waals surface area contributed by atoms with Crippen LogP contribution in [0.1, 0.15) is 63.5 Å². The van der Waals surface area contributed by atoms with Gasteiger partial charge in [-0.1, -0.05) is 38.1 Å². The van der Waals surface area contributed by atoms with E-state index >= 15 is 0 Å². The van der Waals surface area contributed by atoms with Gasteiger partial charge in [-0.05, 0) is 55.6 Å². The Morgan fingerprint density at radius 2 is 2.07 bits per heavy atom. The first kappa shape index (κ1) is 21.3. The summed E-state index contributed by atoms with van der Waals surface area (Å²) in [5, 5.41) is 3.40. The zero-order valence-corrected chi connectivity index (χ0v) is 17.2. The molecule has 1 aromatic rings. The second kappa shape index (κ2) is 11.0. The monoisotopic (exact) mass is 372 g/mol. The standard InChI is InChI=1S/C22H36N4O/c1-4-24-22(26-14-6-8-19(16-26)15-21(23)27)25-13-5-7-18-9-11-20(12-10-18)17(2)3/h9-12,17,19H,4-8,13-16H2,1-3H3,(H2,23,27)(H,24,25). The summed E-state index contributed by atoms with van der Waals surface area (Å²) in [6.45, 7) is 10.1. The molecule has 5 heteroatoms. The van der Waals surface area contributed by atoms with Crippen LogP contribution < -0.4 is 11.1 Å². The van der Waals surface area contributed by atoms with E-state index in [2.05, 4.69) is 55.3 Å². The van der Waals surface area contributed by atoms with Crippen LogP contribution in [0.15, 0.2) is 29.3 Å². The predicted octanol–water partition coefficient (Wildman–Crippen LogP) is 3.30. The minimum atomic E-state index is -0.202. The minimum absolute atomic E-state index is 0.202. The molecule has 1 aromatic carbocycles. The van der Waals surface area contributed by atoms with Crippen molar-refractivity contribution >= 4 is 11.9 Å². The fourth-order valence-electron chi connectivity index (χ4n) is 3.67. The van der Waals surface area contributed by atoms with E-state index in [-0.39, 0.29) is 5.91 Å². The average Bonchev–Trinajstić information content (AvgIpc) is 2.64. The van der Waals surface area contributed by atoms with E-state index in [1.807, 2.05) is 0 Å². The van der Waals surface area contributed by atoms with Gasteiger partial charge in [-0.25, -0.2) is 0 Å². The van der Waals surface area contributed by atoms with Crippen molar-refractivity contribution < 1.29 is 4.79 Å². The summed E-state index contributed by atoms with van der Waals surface area (Å²) in [6, 6.07) is 8.95. The van der Waals surface area contributed by atoms with Gasteiger partial charge < -0.3 is 16.0 Å². The highest BCUT2D eigenvalue weighted by molar-refractivity contribution is 5.80. The number of carbonyl (C=O) groups is 1. The van der Waals surface area contributed by atoms with E-state index in [1.54, 1.807) is 0 Å². The third-order valence-electron chi connectivity index (χ3n) is 5.17. The molecule has 1 fully saturated rings. The van der Waals surface area contributed by atoms with E-state index < -0.39 is 0 Å². The fraction of sp³-hybridized carbons (Fsp3) is 0.636. The van der Waals surface area contributed by atoms with Gasteiger partial charge in [-0.15, -0.1) is 0 Å². The number of rotatable bonds is 8. The van der Waals surface area contributed by atoms with Crippen LogP contribution in [0.5, 0.6) is 0 Å².